The molecule has 0 saturated carbocycles. The van der Waals surface area contributed by atoms with E-state index in [-0.39, 0.29) is 31.1 Å². The molecular formula is C59H100O6. The lowest BCUT2D eigenvalue weighted by Crippen LogP contribution is -2.30. The molecular weight excluding hydrogens is 805 g/mol. The summed E-state index contributed by atoms with van der Waals surface area (Å²) < 4.78 is 16.8. The van der Waals surface area contributed by atoms with E-state index in [1.54, 1.807) is 0 Å². The van der Waals surface area contributed by atoms with Gasteiger partial charge in [-0.1, -0.05) is 202 Å². The molecule has 1 atom stereocenters. The van der Waals surface area contributed by atoms with Crippen LogP contribution in [-0.4, -0.2) is 37.2 Å². The average molecular weight is 905 g/mol. The molecule has 0 aromatic rings. The van der Waals surface area contributed by atoms with E-state index in [9.17, 15) is 14.4 Å². The highest BCUT2D eigenvalue weighted by atomic mass is 16.6. The van der Waals surface area contributed by atoms with Crippen molar-refractivity contribution in [2.45, 2.75) is 258 Å². The molecule has 6 nitrogen and oxygen atoms in total. The van der Waals surface area contributed by atoms with Crippen LogP contribution in [0.15, 0.2) is 85.1 Å². The monoisotopic (exact) mass is 905 g/mol. The Morgan fingerprint density at radius 2 is 0.600 bits per heavy atom. The summed E-state index contributed by atoms with van der Waals surface area (Å²) in [5, 5.41) is 0. The zero-order valence-corrected chi connectivity index (χ0v) is 42.5. The maximum Gasteiger partial charge on any atom is 0.306 e. The Kier molecular flexibility index (Phi) is 50.4. The van der Waals surface area contributed by atoms with Crippen molar-refractivity contribution in [2.24, 2.45) is 0 Å². The SMILES string of the molecule is CC/C=C\C/C=C\C/C=C\C/C=C\CCCCC(=O)OCC(COC(=O)CCCCCCC/C=C\C/C=C\CCCCCC)OC(=O)CCCCCCC/C=C\CCCCCCCCC. The number of allylic oxidation sites excluding steroid dienone is 14. The molecule has 0 aliphatic rings. The van der Waals surface area contributed by atoms with Crippen LogP contribution in [0.5, 0.6) is 0 Å². The first-order chi connectivity index (χ1) is 32.0. The van der Waals surface area contributed by atoms with Gasteiger partial charge in [0, 0.05) is 19.3 Å². The summed E-state index contributed by atoms with van der Waals surface area (Å²) in [5.74, 6) is -0.963. The summed E-state index contributed by atoms with van der Waals surface area (Å²) in [7, 11) is 0. The summed E-state index contributed by atoms with van der Waals surface area (Å²) in [4.78, 5) is 38.0. The van der Waals surface area contributed by atoms with Crippen LogP contribution in [0.2, 0.25) is 0 Å². The third-order valence-corrected chi connectivity index (χ3v) is 11.4. The molecule has 0 radical (unpaired) electrons. The molecule has 0 heterocycles. The molecule has 0 bridgehead atoms. The third-order valence-electron chi connectivity index (χ3n) is 11.4. The second kappa shape index (κ2) is 53.2. The number of esters is 3. The summed E-state index contributed by atoms with van der Waals surface area (Å²) >= 11 is 0. The Morgan fingerprint density at radius 3 is 1.00 bits per heavy atom. The van der Waals surface area contributed by atoms with Gasteiger partial charge in [-0.2, -0.15) is 0 Å². The Morgan fingerprint density at radius 1 is 0.323 bits per heavy atom. The average Bonchev–Trinajstić information content (AvgIpc) is 3.30. The topological polar surface area (TPSA) is 78.9 Å². The predicted octanol–water partition coefficient (Wildman–Crippen LogP) is 18.0. The fourth-order valence-corrected chi connectivity index (χ4v) is 7.28. The second-order valence-corrected chi connectivity index (χ2v) is 17.7. The van der Waals surface area contributed by atoms with Crippen LogP contribution in [0, 0.1) is 0 Å². The molecule has 0 amide bonds. The van der Waals surface area contributed by atoms with E-state index in [1.165, 1.54) is 89.9 Å². The van der Waals surface area contributed by atoms with Gasteiger partial charge >= 0.3 is 17.9 Å². The molecule has 0 fully saturated rings. The van der Waals surface area contributed by atoms with E-state index in [0.29, 0.717) is 19.3 Å². The first-order valence-corrected chi connectivity index (χ1v) is 27.1. The van der Waals surface area contributed by atoms with Crippen LogP contribution in [0.25, 0.3) is 0 Å². The van der Waals surface area contributed by atoms with E-state index >= 15 is 0 Å². The van der Waals surface area contributed by atoms with E-state index < -0.39 is 6.10 Å². The van der Waals surface area contributed by atoms with Gasteiger partial charge in [0.05, 0.1) is 0 Å². The third kappa shape index (κ3) is 51.4. The van der Waals surface area contributed by atoms with Gasteiger partial charge < -0.3 is 14.2 Å². The molecule has 1 unspecified atom stereocenters. The first kappa shape index (κ1) is 61.6. The minimum atomic E-state index is -0.804. The molecule has 0 aliphatic heterocycles. The highest BCUT2D eigenvalue weighted by Gasteiger charge is 2.19. The van der Waals surface area contributed by atoms with Crippen LogP contribution in [-0.2, 0) is 28.6 Å². The molecule has 0 aromatic heterocycles. The van der Waals surface area contributed by atoms with Crippen molar-refractivity contribution in [3.05, 3.63) is 85.1 Å². The Labute approximate surface area is 401 Å². The summed E-state index contributed by atoms with van der Waals surface area (Å²) in [5.41, 5.74) is 0. The minimum Gasteiger partial charge on any atom is -0.462 e. The second-order valence-electron chi connectivity index (χ2n) is 17.7. The highest BCUT2D eigenvalue weighted by molar-refractivity contribution is 5.71. The van der Waals surface area contributed by atoms with E-state index in [4.69, 9.17) is 14.2 Å². The van der Waals surface area contributed by atoms with Crippen molar-refractivity contribution in [2.75, 3.05) is 13.2 Å². The predicted molar refractivity (Wildman–Crippen MR) is 279 cm³/mol. The summed E-state index contributed by atoms with van der Waals surface area (Å²) in [6.45, 7) is 6.45. The summed E-state index contributed by atoms with van der Waals surface area (Å²) in [6.07, 6.45) is 68.5. The van der Waals surface area contributed by atoms with Crippen LogP contribution in [0.1, 0.15) is 252 Å². The fourth-order valence-electron chi connectivity index (χ4n) is 7.28. The van der Waals surface area contributed by atoms with Crippen LogP contribution in [0.3, 0.4) is 0 Å². The number of rotatable bonds is 48. The van der Waals surface area contributed by atoms with Crippen molar-refractivity contribution >= 4 is 17.9 Å². The first-order valence-electron chi connectivity index (χ1n) is 27.1. The van der Waals surface area contributed by atoms with Gasteiger partial charge in [0.1, 0.15) is 13.2 Å². The van der Waals surface area contributed by atoms with Crippen molar-refractivity contribution in [1.29, 1.82) is 0 Å². The van der Waals surface area contributed by atoms with Gasteiger partial charge in [0.2, 0.25) is 0 Å². The molecule has 0 saturated heterocycles. The minimum absolute atomic E-state index is 0.101. The standard InChI is InChI=1S/C59H100O6/c1-4-7-10-13-16-19-22-25-28-31-34-37-40-43-46-49-52-58(61)64-55-56(54-63-57(60)51-48-45-42-39-36-33-30-27-24-21-18-15-12-9-6-3)65-59(62)53-50-47-44-41-38-35-32-29-26-23-20-17-14-11-8-5-2/h9,12,18-19,21-22,27-32,36,39,56H,4-8,10-11,13-17,20,23-26,33-35,37-38,40-55H2,1-3H3/b12-9-,21-18-,22-19-,30-27-,31-28-,32-29-,39-36-. The maximum atomic E-state index is 12.8. The van der Waals surface area contributed by atoms with E-state index in [2.05, 4.69) is 106 Å². The lowest BCUT2D eigenvalue weighted by molar-refractivity contribution is -0.167. The van der Waals surface area contributed by atoms with Crippen molar-refractivity contribution in [1.82, 2.24) is 0 Å². The smallest absolute Gasteiger partial charge is 0.306 e. The molecule has 65 heavy (non-hydrogen) atoms. The lowest BCUT2D eigenvalue weighted by atomic mass is 10.1. The molecule has 6 heteroatoms. The van der Waals surface area contributed by atoms with Crippen molar-refractivity contribution in [3.8, 4) is 0 Å². The maximum absolute atomic E-state index is 12.8. The number of ether oxygens (including phenoxy) is 3. The van der Waals surface area contributed by atoms with Gasteiger partial charge in [-0.25, -0.2) is 0 Å². The number of hydrogen-bond acceptors (Lipinski definition) is 6. The highest BCUT2D eigenvalue weighted by Crippen LogP contribution is 2.13. The van der Waals surface area contributed by atoms with Crippen molar-refractivity contribution in [3.63, 3.8) is 0 Å². The van der Waals surface area contributed by atoms with Crippen LogP contribution >= 0.6 is 0 Å². The van der Waals surface area contributed by atoms with Crippen molar-refractivity contribution < 1.29 is 28.6 Å². The largest absolute Gasteiger partial charge is 0.462 e. The molecule has 0 rings (SSSR count). The fraction of sp³-hybridized carbons (Fsp3) is 0.712. The zero-order valence-electron chi connectivity index (χ0n) is 42.5. The van der Waals surface area contributed by atoms with Gasteiger partial charge in [0.15, 0.2) is 6.10 Å². The number of unbranched alkanes of at least 4 members (excludes halogenated alkanes) is 23. The summed E-state index contributed by atoms with van der Waals surface area (Å²) in [6, 6.07) is 0. The number of carbonyl (C=O) groups excluding carboxylic acids is 3. The zero-order chi connectivity index (χ0) is 47.2. The van der Waals surface area contributed by atoms with Gasteiger partial charge in [-0.05, 0) is 116 Å². The van der Waals surface area contributed by atoms with Gasteiger partial charge in [0.25, 0.3) is 0 Å². The Hall–Kier alpha value is -3.41. The quantitative estimate of drug-likeness (QED) is 0.0262. The Bertz CT molecular complexity index is 1270. The number of hydrogen-bond donors (Lipinski definition) is 0. The van der Waals surface area contributed by atoms with Crippen LogP contribution in [0.4, 0.5) is 0 Å². The molecule has 372 valence electrons. The van der Waals surface area contributed by atoms with Gasteiger partial charge in [-0.15, -0.1) is 0 Å². The molecule has 0 N–H and O–H groups in total. The Balaban J connectivity index is 4.49. The molecule has 0 aliphatic carbocycles. The molecule has 0 spiro atoms. The van der Waals surface area contributed by atoms with Crippen LogP contribution < -0.4 is 0 Å². The van der Waals surface area contributed by atoms with E-state index in [0.717, 1.165) is 122 Å². The lowest BCUT2D eigenvalue weighted by Gasteiger charge is -2.18. The van der Waals surface area contributed by atoms with Gasteiger partial charge in [-0.3, -0.25) is 14.4 Å². The van der Waals surface area contributed by atoms with E-state index in [1.807, 2.05) is 0 Å². The number of carbonyl (C=O) groups is 3. The molecule has 0 aromatic carbocycles. The normalized spacial score (nSPS) is 12.7.